The Bertz CT molecular complexity index is 1020. The van der Waals surface area contributed by atoms with Gasteiger partial charge in [0, 0.05) is 62.0 Å². The predicted octanol–water partition coefficient (Wildman–Crippen LogP) is 3.21. The van der Waals surface area contributed by atoms with Crippen molar-refractivity contribution in [1.82, 2.24) is 20.1 Å². The third-order valence-corrected chi connectivity index (χ3v) is 7.22. The van der Waals surface area contributed by atoms with Crippen molar-refractivity contribution >= 4 is 35.1 Å². The summed E-state index contributed by atoms with van der Waals surface area (Å²) >= 11 is 1.68. The van der Waals surface area contributed by atoms with E-state index in [9.17, 15) is 9.59 Å². The predicted molar refractivity (Wildman–Crippen MR) is 138 cm³/mol. The second kappa shape index (κ2) is 11.2. The van der Waals surface area contributed by atoms with Crippen LogP contribution >= 0.6 is 11.8 Å². The number of hydrogen-bond donors (Lipinski definition) is 2. The van der Waals surface area contributed by atoms with E-state index in [2.05, 4.69) is 32.5 Å². The van der Waals surface area contributed by atoms with E-state index in [0.717, 1.165) is 66.9 Å². The molecule has 2 aliphatic rings. The van der Waals surface area contributed by atoms with Gasteiger partial charge in [-0.1, -0.05) is 0 Å². The second-order valence-electron chi connectivity index (χ2n) is 9.00. The maximum absolute atomic E-state index is 13.0. The Balaban J connectivity index is 1.27. The van der Waals surface area contributed by atoms with Gasteiger partial charge in [-0.3, -0.25) is 9.69 Å². The molecular formula is C25H34N6O2S. The summed E-state index contributed by atoms with van der Waals surface area (Å²) in [6, 6.07) is 8.87. The van der Waals surface area contributed by atoms with E-state index < -0.39 is 0 Å². The molecule has 0 aliphatic carbocycles. The zero-order valence-electron chi connectivity index (χ0n) is 20.3. The van der Waals surface area contributed by atoms with Crippen molar-refractivity contribution in [3.8, 4) is 0 Å². The van der Waals surface area contributed by atoms with E-state index in [1.54, 1.807) is 40.9 Å². The van der Waals surface area contributed by atoms with Gasteiger partial charge in [0.15, 0.2) is 0 Å². The number of aryl methyl sites for hydroxylation is 2. The van der Waals surface area contributed by atoms with E-state index in [0.29, 0.717) is 24.3 Å². The zero-order chi connectivity index (χ0) is 24.1. The van der Waals surface area contributed by atoms with Crippen LogP contribution in [0.15, 0.2) is 35.4 Å². The Hall–Kier alpha value is -2.62. The number of anilines is 2. The molecule has 1 saturated heterocycles. The van der Waals surface area contributed by atoms with E-state index >= 15 is 0 Å². The summed E-state index contributed by atoms with van der Waals surface area (Å²) in [6.07, 6.45) is 0.937. The minimum absolute atomic E-state index is 0.0877. The van der Waals surface area contributed by atoms with Gasteiger partial charge in [0.25, 0.3) is 5.91 Å². The molecule has 0 spiro atoms. The van der Waals surface area contributed by atoms with Crippen LogP contribution in [0.1, 0.15) is 28.0 Å². The lowest BCUT2D eigenvalue weighted by Crippen LogP contribution is -2.45. The lowest BCUT2D eigenvalue weighted by atomic mass is 10.2. The zero-order valence-corrected chi connectivity index (χ0v) is 21.1. The molecule has 1 aromatic carbocycles. The number of amides is 3. The van der Waals surface area contributed by atoms with Crippen LogP contribution in [-0.4, -0.2) is 85.3 Å². The fourth-order valence-electron chi connectivity index (χ4n) is 4.35. The lowest BCUT2D eigenvalue weighted by molar-refractivity contribution is 0.0949. The van der Waals surface area contributed by atoms with Crippen LogP contribution in [0.25, 0.3) is 0 Å². The van der Waals surface area contributed by atoms with E-state index in [-0.39, 0.29) is 11.9 Å². The van der Waals surface area contributed by atoms with Crippen molar-refractivity contribution in [1.29, 1.82) is 0 Å². The summed E-state index contributed by atoms with van der Waals surface area (Å²) in [4.78, 5) is 36.6. The average Bonchev–Trinajstić information content (AvgIpc) is 2.82. The van der Waals surface area contributed by atoms with Crippen molar-refractivity contribution in [2.24, 2.45) is 0 Å². The van der Waals surface area contributed by atoms with Gasteiger partial charge >= 0.3 is 6.03 Å². The molecule has 3 amide bonds. The molecule has 8 nitrogen and oxygen atoms in total. The van der Waals surface area contributed by atoms with Crippen LogP contribution in [0.5, 0.6) is 0 Å². The highest BCUT2D eigenvalue weighted by Gasteiger charge is 2.26. The number of rotatable bonds is 6. The standard InChI is InChI=1S/C25H34N6O2S/c1-18-17-19(2)27-24-22(18)31(15-16-34-24)25(33)28-21-7-5-20(6-8-21)23(32)26-9-4-10-30-13-11-29(3)12-14-30/h5-8,17H,4,9-16H2,1-3H3,(H,26,32)(H,28,33). The van der Waals surface area contributed by atoms with Crippen LogP contribution in [0.4, 0.5) is 16.2 Å². The van der Waals surface area contributed by atoms with Crippen molar-refractivity contribution in [2.75, 3.05) is 68.8 Å². The topological polar surface area (TPSA) is 80.8 Å². The fourth-order valence-corrected chi connectivity index (χ4v) is 5.43. The molecule has 4 rings (SSSR count). The SMILES string of the molecule is Cc1cc(C)c2c(n1)SCCN2C(=O)Nc1ccc(C(=O)NCCCN2CCN(C)CC2)cc1. The molecule has 0 bridgehead atoms. The van der Waals surface area contributed by atoms with E-state index in [1.165, 1.54) is 0 Å². The molecule has 0 saturated carbocycles. The molecule has 182 valence electrons. The van der Waals surface area contributed by atoms with Crippen LogP contribution in [-0.2, 0) is 0 Å². The van der Waals surface area contributed by atoms with Crippen LogP contribution in [0, 0.1) is 13.8 Å². The minimum atomic E-state index is -0.184. The molecule has 1 aromatic heterocycles. The summed E-state index contributed by atoms with van der Waals surface area (Å²) in [7, 11) is 2.15. The van der Waals surface area contributed by atoms with Gasteiger partial charge in [0.1, 0.15) is 5.03 Å². The highest BCUT2D eigenvalue weighted by Crippen LogP contribution is 2.36. The smallest absolute Gasteiger partial charge is 0.326 e. The van der Waals surface area contributed by atoms with Gasteiger partial charge in [-0.15, -0.1) is 11.8 Å². The van der Waals surface area contributed by atoms with Gasteiger partial charge in [0.2, 0.25) is 0 Å². The Morgan fingerprint density at radius 2 is 1.79 bits per heavy atom. The highest BCUT2D eigenvalue weighted by molar-refractivity contribution is 7.99. The maximum Gasteiger partial charge on any atom is 0.326 e. The van der Waals surface area contributed by atoms with Crippen molar-refractivity contribution < 1.29 is 9.59 Å². The first-order valence-corrected chi connectivity index (χ1v) is 12.9. The number of aromatic nitrogens is 1. The maximum atomic E-state index is 13.0. The van der Waals surface area contributed by atoms with Crippen molar-refractivity contribution in [3.05, 3.63) is 47.2 Å². The lowest BCUT2D eigenvalue weighted by Gasteiger charge is -2.32. The van der Waals surface area contributed by atoms with Gasteiger partial charge in [0.05, 0.1) is 5.69 Å². The molecule has 3 heterocycles. The molecule has 2 aromatic rings. The normalized spacial score (nSPS) is 16.7. The van der Waals surface area contributed by atoms with Crippen LogP contribution in [0.3, 0.4) is 0 Å². The molecule has 1 fully saturated rings. The van der Waals surface area contributed by atoms with Gasteiger partial charge in [-0.2, -0.15) is 0 Å². The number of likely N-dealkylation sites (N-methyl/N-ethyl adjacent to an activating group) is 1. The second-order valence-corrected chi connectivity index (χ2v) is 10.1. The van der Waals surface area contributed by atoms with Crippen LogP contribution < -0.4 is 15.5 Å². The number of urea groups is 1. The summed E-state index contributed by atoms with van der Waals surface area (Å²) < 4.78 is 0. The number of nitrogens with one attached hydrogen (secondary N) is 2. The van der Waals surface area contributed by atoms with Gasteiger partial charge in [-0.05, 0) is 69.8 Å². The Labute approximate surface area is 206 Å². The van der Waals surface area contributed by atoms with Crippen LogP contribution in [0.2, 0.25) is 0 Å². The molecular weight excluding hydrogens is 448 g/mol. The summed E-state index contributed by atoms with van der Waals surface area (Å²) in [5.74, 6) is 0.722. The van der Waals surface area contributed by atoms with Crippen molar-refractivity contribution in [2.45, 2.75) is 25.3 Å². The summed E-state index contributed by atoms with van der Waals surface area (Å²) in [5.41, 5.74) is 4.14. The third kappa shape index (κ3) is 6.08. The highest BCUT2D eigenvalue weighted by atomic mass is 32.2. The first kappa shape index (κ1) is 24.5. The van der Waals surface area contributed by atoms with E-state index in [1.807, 2.05) is 19.9 Å². The number of carbonyl (C=O) groups excluding carboxylic acids is 2. The largest absolute Gasteiger partial charge is 0.352 e. The van der Waals surface area contributed by atoms with E-state index in [4.69, 9.17) is 0 Å². The molecule has 2 aliphatic heterocycles. The molecule has 2 N–H and O–H groups in total. The molecule has 9 heteroatoms. The first-order valence-electron chi connectivity index (χ1n) is 11.9. The molecule has 0 radical (unpaired) electrons. The number of carbonyl (C=O) groups is 2. The number of piperazine rings is 1. The fraction of sp³-hybridized carbons (Fsp3) is 0.480. The number of fused-ring (bicyclic) bond motifs is 1. The quantitative estimate of drug-likeness (QED) is 0.616. The van der Waals surface area contributed by atoms with Crippen molar-refractivity contribution in [3.63, 3.8) is 0 Å². The first-order chi connectivity index (χ1) is 16.4. The number of pyridine rings is 1. The molecule has 0 atom stereocenters. The number of thioether (sulfide) groups is 1. The Morgan fingerprint density at radius 3 is 2.53 bits per heavy atom. The molecule has 34 heavy (non-hydrogen) atoms. The third-order valence-electron chi connectivity index (χ3n) is 6.28. The number of hydrogen-bond acceptors (Lipinski definition) is 6. The molecule has 0 unspecified atom stereocenters. The number of benzene rings is 1. The Kier molecular flexibility index (Phi) is 8.07. The monoisotopic (exact) mass is 482 g/mol. The Morgan fingerprint density at radius 1 is 1.06 bits per heavy atom. The average molecular weight is 483 g/mol. The minimum Gasteiger partial charge on any atom is -0.352 e. The van der Waals surface area contributed by atoms with Gasteiger partial charge in [-0.25, -0.2) is 9.78 Å². The number of nitrogens with zero attached hydrogens (tertiary/aromatic N) is 4. The summed E-state index contributed by atoms with van der Waals surface area (Å²) in [6.45, 7) is 10.7. The summed E-state index contributed by atoms with van der Waals surface area (Å²) in [5, 5.41) is 6.86. The van der Waals surface area contributed by atoms with Gasteiger partial charge < -0.3 is 20.4 Å².